The lowest BCUT2D eigenvalue weighted by Crippen LogP contribution is -2.49. The van der Waals surface area contributed by atoms with E-state index in [4.69, 9.17) is 9.72 Å². The van der Waals surface area contributed by atoms with Crippen LogP contribution in [0.2, 0.25) is 0 Å². The predicted octanol–water partition coefficient (Wildman–Crippen LogP) is 2.63. The van der Waals surface area contributed by atoms with Crippen molar-refractivity contribution in [2.75, 3.05) is 83.8 Å². The highest BCUT2D eigenvalue weighted by molar-refractivity contribution is 6.12. The van der Waals surface area contributed by atoms with Crippen molar-refractivity contribution >= 4 is 34.1 Å². The quantitative estimate of drug-likeness (QED) is 0.378. The van der Waals surface area contributed by atoms with Gasteiger partial charge >= 0.3 is 6.01 Å². The van der Waals surface area contributed by atoms with Gasteiger partial charge in [-0.1, -0.05) is 30.3 Å². The summed E-state index contributed by atoms with van der Waals surface area (Å²) in [5.41, 5.74) is 1.73. The Morgan fingerprint density at radius 3 is 2.51 bits per heavy atom. The van der Waals surface area contributed by atoms with Crippen molar-refractivity contribution in [3.05, 3.63) is 59.8 Å². The number of benzene rings is 2. The predicted molar refractivity (Wildman–Crippen MR) is 168 cm³/mol. The van der Waals surface area contributed by atoms with Crippen molar-refractivity contribution in [2.24, 2.45) is 0 Å². The summed E-state index contributed by atoms with van der Waals surface area (Å²) in [7, 11) is 7.86. The van der Waals surface area contributed by atoms with Gasteiger partial charge in [-0.3, -0.25) is 9.59 Å². The number of carbonyl (C=O) groups is 2. The van der Waals surface area contributed by atoms with Crippen molar-refractivity contribution in [3.8, 4) is 11.8 Å². The molecule has 2 aliphatic heterocycles. The first-order valence-corrected chi connectivity index (χ1v) is 14.7. The molecule has 43 heavy (non-hydrogen) atoms. The van der Waals surface area contributed by atoms with Gasteiger partial charge in [0.1, 0.15) is 23.4 Å². The first kappa shape index (κ1) is 30.2. The van der Waals surface area contributed by atoms with Crippen molar-refractivity contribution in [3.63, 3.8) is 0 Å². The monoisotopic (exact) mass is 587 g/mol. The molecule has 11 nitrogen and oxygen atoms in total. The number of ether oxygens (including phenoxy) is 1. The number of carbonyl (C=O) groups excluding carboxylic acids is 2. The lowest BCUT2D eigenvalue weighted by molar-refractivity contribution is -0.126. The third kappa shape index (κ3) is 6.89. The molecular weight excluding hydrogens is 546 g/mol. The van der Waals surface area contributed by atoms with Crippen molar-refractivity contribution in [1.82, 2.24) is 24.7 Å². The van der Waals surface area contributed by atoms with Gasteiger partial charge in [0.2, 0.25) is 5.91 Å². The van der Waals surface area contributed by atoms with Gasteiger partial charge in [0.15, 0.2) is 0 Å². The normalized spacial score (nSPS) is 16.4. The second-order valence-corrected chi connectivity index (χ2v) is 11.7. The maximum Gasteiger partial charge on any atom is 0.319 e. The summed E-state index contributed by atoms with van der Waals surface area (Å²) in [5, 5.41) is 12.2. The SMILES string of the molecule is C[C@H](CN(C)C)Oc1nc2c(c(N3CCN(C(=O)/C=C/CN(C)C)CC3)n1)CCN(c1cc(O)cc3ccccc13)C2=O. The average molecular weight is 588 g/mol. The van der Waals surface area contributed by atoms with Gasteiger partial charge < -0.3 is 34.3 Å². The maximum absolute atomic E-state index is 14.1. The highest BCUT2D eigenvalue weighted by atomic mass is 16.5. The fourth-order valence-electron chi connectivity index (χ4n) is 5.69. The number of aromatic hydroxyl groups is 1. The number of aromatic nitrogens is 2. The fourth-order valence-corrected chi connectivity index (χ4v) is 5.69. The van der Waals surface area contributed by atoms with Crippen LogP contribution in [0, 0.1) is 0 Å². The van der Waals surface area contributed by atoms with Crippen LogP contribution in [0.1, 0.15) is 23.0 Å². The lowest BCUT2D eigenvalue weighted by Gasteiger charge is -2.37. The Hall–Kier alpha value is -4.22. The molecule has 228 valence electrons. The van der Waals surface area contributed by atoms with Gasteiger partial charge in [-0.25, -0.2) is 0 Å². The Kier molecular flexibility index (Phi) is 9.12. The van der Waals surface area contributed by atoms with E-state index in [1.807, 2.05) is 80.2 Å². The van der Waals surface area contributed by atoms with E-state index in [-0.39, 0.29) is 29.7 Å². The summed E-state index contributed by atoms with van der Waals surface area (Å²) >= 11 is 0. The number of hydrogen-bond acceptors (Lipinski definition) is 9. The zero-order chi connectivity index (χ0) is 30.7. The number of hydrogen-bond donors (Lipinski definition) is 1. The van der Waals surface area contributed by atoms with E-state index in [1.54, 1.807) is 23.1 Å². The number of phenols is 1. The summed E-state index contributed by atoms with van der Waals surface area (Å²) in [6.07, 6.45) is 3.86. The summed E-state index contributed by atoms with van der Waals surface area (Å²) in [6, 6.07) is 11.2. The van der Waals surface area contributed by atoms with E-state index in [2.05, 4.69) is 9.88 Å². The molecule has 3 aromatic rings. The van der Waals surface area contributed by atoms with Crippen molar-refractivity contribution in [2.45, 2.75) is 19.4 Å². The van der Waals surface area contributed by atoms with E-state index >= 15 is 0 Å². The molecule has 0 saturated carbocycles. The Bertz CT molecular complexity index is 1520. The topological polar surface area (TPSA) is 106 Å². The van der Waals surface area contributed by atoms with Crippen LogP contribution in [-0.2, 0) is 11.2 Å². The number of likely N-dealkylation sites (N-methyl/N-ethyl adjacent to an activating group) is 2. The van der Waals surface area contributed by atoms with Crippen LogP contribution < -0.4 is 14.5 Å². The molecule has 0 unspecified atom stereocenters. The van der Waals surface area contributed by atoms with Crippen LogP contribution in [0.25, 0.3) is 10.8 Å². The number of rotatable bonds is 9. The second-order valence-electron chi connectivity index (χ2n) is 11.7. The molecule has 0 bridgehead atoms. The van der Waals surface area contributed by atoms with Crippen molar-refractivity contribution < 1.29 is 19.4 Å². The van der Waals surface area contributed by atoms with Crippen LogP contribution >= 0.6 is 0 Å². The summed E-state index contributed by atoms with van der Waals surface area (Å²) < 4.78 is 6.15. The lowest BCUT2D eigenvalue weighted by atomic mass is 10.0. The minimum atomic E-state index is -0.259. The van der Waals surface area contributed by atoms with Crippen molar-refractivity contribution in [1.29, 1.82) is 0 Å². The second kappa shape index (κ2) is 13.0. The number of nitrogens with zero attached hydrogens (tertiary/aromatic N) is 7. The molecule has 1 aromatic heterocycles. The molecule has 1 saturated heterocycles. The molecule has 3 heterocycles. The number of piperazine rings is 1. The Balaban J connectivity index is 1.45. The van der Waals surface area contributed by atoms with E-state index in [0.717, 1.165) is 16.3 Å². The summed E-state index contributed by atoms with van der Waals surface area (Å²) in [5.74, 6) is 0.518. The van der Waals surface area contributed by atoms with Crippen LogP contribution in [0.5, 0.6) is 11.8 Å². The number of phenolic OH excluding ortho intramolecular Hbond substituents is 1. The Morgan fingerprint density at radius 2 is 1.79 bits per heavy atom. The molecule has 1 N–H and O–H groups in total. The molecule has 0 spiro atoms. The number of amides is 2. The van der Waals surface area contributed by atoms with E-state index in [9.17, 15) is 14.7 Å². The van der Waals surface area contributed by atoms with Gasteiger partial charge in [-0.05, 0) is 53.0 Å². The smallest absolute Gasteiger partial charge is 0.319 e. The van der Waals surface area contributed by atoms with E-state index in [0.29, 0.717) is 69.4 Å². The van der Waals surface area contributed by atoms with Gasteiger partial charge in [0, 0.05) is 68.9 Å². The largest absolute Gasteiger partial charge is 0.508 e. The maximum atomic E-state index is 14.1. The highest BCUT2D eigenvalue weighted by Crippen LogP contribution is 2.36. The third-order valence-corrected chi connectivity index (χ3v) is 7.66. The first-order valence-electron chi connectivity index (χ1n) is 14.7. The first-order chi connectivity index (χ1) is 20.6. The van der Waals surface area contributed by atoms with E-state index < -0.39 is 0 Å². The third-order valence-electron chi connectivity index (χ3n) is 7.66. The fraction of sp³-hybridized carbons (Fsp3) is 0.438. The van der Waals surface area contributed by atoms with Gasteiger partial charge in [0.25, 0.3) is 5.91 Å². The zero-order valence-electron chi connectivity index (χ0n) is 25.7. The summed E-state index contributed by atoms with van der Waals surface area (Å²) in [6.45, 7) is 5.99. The molecular formula is C32H41N7O4. The van der Waals surface area contributed by atoms with Crippen LogP contribution in [-0.4, -0.2) is 122 Å². The standard InChI is InChI=1S/C32H41N7O4/c1-22(21-36(4)5)43-32-33-29-26(30(34-32)38-17-15-37(16-18-38)28(41)11-8-13-35(2)3)12-14-39(31(29)42)27-20-24(40)19-23-9-6-7-10-25(23)27/h6-11,19-20,22,40H,12-18,21H2,1-5H3/b11-8+/t22-/m1/s1. The van der Waals surface area contributed by atoms with Gasteiger partial charge in [-0.15, -0.1) is 0 Å². The Morgan fingerprint density at radius 1 is 1.05 bits per heavy atom. The number of anilines is 2. The van der Waals surface area contributed by atoms with E-state index in [1.165, 1.54) is 0 Å². The van der Waals surface area contributed by atoms with Crippen LogP contribution in [0.15, 0.2) is 48.6 Å². The van der Waals surface area contributed by atoms with Crippen LogP contribution in [0.4, 0.5) is 11.5 Å². The molecule has 2 aliphatic rings. The van der Waals surface area contributed by atoms with Gasteiger partial charge in [-0.2, -0.15) is 9.97 Å². The molecule has 1 atom stereocenters. The molecule has 2 amide bonds. The molecule has 0 radical (unpaired) electrons. The highest BCUT2D eigenvalue weighted by Gasteiger charge is 2.34. The minimum absolute atomic E-state index is 0.00286. The molecule has 2 aromatic carbocycles. The summed E-state index contributed by atoms with van der Waals surface area (Å²) in [4.78, 5) is 46.0. The van der Waals surface area contributed by atoms with Crippen LogP contribution in [0.3, 0.4) is 0 Å². The Labute approximate surface area is 253 Å². The zero-order valence-corrected chi connectivity index (χ0v) is 25.7. The molecule has 11 heteroatoms. The average Bonchev–Trinajstić information content (AvgIpc) is 2.96. The molecule has 1 fully saturated rings. The molecule has 0 aliphatic carbocycles. The number of fused-ring (bicyclic) bond motifs is 2. The molecule has 5 rings (SSSR count). The van der Waals surface area contributed by atoms with Gasteiger partial charge in [0.05, 0.1) is 5.69 Å². The minimum Gasteiger partial charge on any atom is -0.508 e.